The molecule has 5 heteroatoms. The Bertz CT molecular complexity index is 217. The van der Waals surface area contributed by atoms with Crippen LogP contribution in [0.25, 0.3) is 0 Å². The predicted molar refractivity (Wildman–Crippen MR) is 56.5 cm³/mol. The lowest BCUT2D eigenvalue weighted by Gasteiger charge is -2.29. The van der Waals surface area contributed by atoms with Crippen molar-refractivity contribution in [3.63, 3.8) is 0 Å². The van der Waals surface area contributed by atoms with E-state index in [4.69, 9.17) is 5.11 Å². The normalized spacial score (nSPS) is 10.4. The summed E-state index contributed by atoms with van der Waals surface area (Å²) in [6.07, 6.45) is 0.746. The maximum atomic E-state index is 11.2. The van der Waals surface area contributed by atoms with Gasteiger partial charge in [-0.1, -0.05) is 6.58 Å². The molecule has 0 aliphatic heterocycles. The largest absolute Gasteiger partial charge is 1.00 e. The predicted octanol–water partition coefficient (Wildman–Crippen LogP) is -2.90. The van der Waals surface area contributed by atoms with Crippen molar-refractivity contribution < 1.29 is 26.8 Å². The highest BCUT2D eigenvalue weighted by Gasteiger charge is 2.15. The molecule has 0 fully saturated rings. The lowest BCUT2D eigenvalue weighted by Crippen LogP contribution is -3.00. The summed E-state index contributed by atoms with van der Waals surface area (Å²) in [5.41, 5.74) is 0.521. The highest BCUT2D eigenvalue weighted by molar-refractivity contribution is 5.91. The van der Waals surface area contributed by atoms with Crippen molar-refractivity contribution in [2.45, 2.75) is 13.3 Å². The van der Waals surface area contributed by atoms with E-state index in [9.17, 15) is 4.79 Å². The Morgan fingerprint density at radius 2 is 2.00 bits per heavy atom. The van der Waals surface area contributed by atoms with E-state index in [1.54, 1.807) is 6.92 Å². The van der Waals surface area contributed by atoms with Gasteiger partial charge in [-0.3, -0.25) is 4.79 Å². The molecule has 0 aromatic carbocycles. The molecule has 0 spiro atoms. The Morgan fingerprint density at radius 3 is 2.40 bits per heavy atom. The summed E-state index contributed by atoms with van der Waals surface area (Å²) in [5, 5.41) is 11.5. The van der Waals surface area contributed by atoms with Crippen LogP contribution in [0, 0.1) is 0 Å². The number of nitrogens with zero attached hydrogens (tertiary/aromatic N) is 1. The Kier molecular flexibility index (Phi) is 8.62. The van der Waals surface area contributed by atoms with E-state index >= 15 is 0 Å². The minimum absolute atomic E-state index is 0. The molecule has 0 radical (unpaired) electrons. The summed E-state index contributed by atoms with van der Waals surface area (Å²) in [4.78, 5) is 11.2. The quantitative estimate of drug-likeness (QED) is 0.295. The number of aliphatic hydroxyl groups excluding tert-OH is 1. The number of halogens is 1. The van der Waals surface area contributed by atoms with Crippen LogP contribution in [0.15, 0.2) is 12.2 Å². The van der Waals surface area contributed by atoms with E-state index in [0.717, 1.165) is 13.0 Å². The number of hydrogen-bond acceptors (Lipinski definition) is 2. The van der Waals surface area contributed by atoms with Crippen LogP contribution >= 0.6 is 0 Å². The van der Waals surface area contributed by atoms with Crippen molar-refractivity contribution in [3.8, 4) is 0 Å². The third-order valence-electron chi connectivity index (χ3n) is 1.98. The van der Waals surface area contributed by atoms with Gasteiger partial charge in [0.15, 0.2) is 6.67 Å². The molecular weight excluding hydrogens is 216 g/mol. The van der Waals surface area contributed by atoms with Crippen LogP contribution in [0.4, 0.5) is 0 Å². The fourth-order valence-corrected chi connectivity index (χ4v) is 1.01. The van der Waals surface area contributed by atoms with Crippen LogP contribution in [-0.2, 0) is 4.79 Å². The molecule has 0 bridgehead atoms. The molecule has 4 nitrogen and oxygen atoms in total. The minimum Gasteiger partial charge on any atom is -1.00 e. The molecule has 0 heterocycles. The topological polar surface area (TPSA) is 49.3 Å². The van der Waals surface area contributed by atoms with Crippen molar-refractivity contribution in [3.05, 3.63) is 12.2 Å². The van der Waals surface area contributed by atoms with E-state index in [1.165, 1.54) is 0 Å². The Labute approximate surface area is 98.0 Å². The van der Waals surface area contributed by atoms with Gasteiger partial charge in [0.2, 0.25) is 0 Å². The van der Waals surface area contributed by atoms with Gasteiger partial charge in [0.05, 0.1) is 20.6 Å². The van der Waals surface area contributed by atoms with E-state index in [2.05, 4.69) is 11.9 Å². The summed E-state index contributed by atoms with van der Waals surface area (Å²) in [7, 11) is 4.02. The van der Waals surface area contributed by atoms with Gasteiger partial charge in [-0.25, -0.2) is 0 Å². The molecule has 0 unspecified atom stereocenters. The molecule has 0 rings (SSSR count). The summed E-state index contributed by atoms with van der Waals surface area (Å²) in [6, 6.07) is 0. The smallest absolute Gasteiger partial charge is 0.250 e. The van der Waals surface area contributed by atoms with Crippen LogP contribution in [0.2, 0.25) is 0 Å². The highest BCUT2D eigenvalue weighted by atomic mass is 35.5. The molecular formula is C10H21ClN2O2. The fraction of sp³-hybridized carbons (Fsp3) is 0.700. The second-order valence-corrected chi connectivity index (χ2v) is 4.18. The number of amides is 1. The van der Waals surface area contributed by atoms with Gasteiger partial charge in [0.1, 0.15) is 0 Å². The molecule has 2 N–H and O–H groups in total. The highest BCUT2D eigenvalue weighted by Crippen LogP contribution is 1.97. The van der Waals surface area contributed by atoms with Crippen LogP contribution in [-0.4, -0.2) is 49.4 Å². The first-order valence-electron chi connectivity index (χ1n) is 4.75. The van der Waals surface area contributed by atoms with Crippen LogP contribution in [0.5, 0.6) is 0 Å². The molecule has 0 saturated carbocycles. The van der Waals surface area contributed by atoms with Crippen molar-refractivity contribution in [1.29, 1.82) is 0 Å². The van der Waals surface area contributed by atoms with E-state index in [0.29, 0.717) is 16.7 Å². The van der Waals surface area contributed by atoms with Gasteiger partial charge in [-0.15, -0.1) is 0 Å². The van der Waals surface area contributed by atoms with Gasteiger partial charge >= 0.3 is 0 Å². The van der Waals surface area contributed by atoms with Crippen molar-refractivity contribution in [2.24, 2.45) is 0 Å². The molecule has 1 amide bonds. The first kappa shape index (κ1) is 16.8. The summed E-state index contributed by atoms with van der Waals surface area (Å²) in [5.74, 6) is -0.111. The SMILES string of the molecule is C=C(C)C(=O)NC[N+](C)(C)CCCO.[Cl-]. The zero-order valence-electron chi connectivity index (χ0n) is 9.72. The monoisotopic (exact) mass is 236 g/mol. The van der Waals surface area contributed by atoms with Gasteiger partial charge in [-0.2, -0.15) is 0 Å². The third-order valence-corrected chi connectivity index (χ3v) is 1.98. The molecule has 0 aliphatic rings. The van der Waals surface area contributed by atoms with Gasteiger partial charge in [-0.05, 0) is 6.92 Å². The average Bonchev–Trinajstić information content (AvgIpc) is 2.11. The minimum atomic E-state index is -0.111. The zero-order valence-corrected chi connectivity index (χ0v) is 10.5. The van der Waals surface area contributed by atoms with Crippen molar-refractivity contribution in [2.75, 3.05) is 33.9 Å². The first-order chi connectivity index (χ1) is 6.39. The Hall–Kier alpha value is -0.580. The molecule has 90 valence electrons. The molecule has 0 atom stereocenters. The second kappa shape index (κ2) is 7.68. The van der Waals surface area contributed by atoms with Gasteiger partial charge < -0.3 is 27.3 Å². The van der Waals surface area contributed by atoms with Crippen LogP contribution < -0.4 is 17.7 Å². The maximum absolute atomic E-state index is 11.2. The van der Waals surface area contributed by atoms with E-state index in [-0.39, 0.29) is 24.9 Å². The number of rotatable bonds is 6. The van der Waals surface area contributed by atoms with Crippen LogP contribution in [0.3, 0.4) is 0 Å². The Balaban J connectivity index is 0. The van der Waals surface area contributed by atoms with Crippen molar-refractivity contribution in [1.82, 2.24) is 5.32 Å². The average molecular weight is 237 g/mol. The van der Waals surface area contributed by atoms with Gasteiger partial charge in [0.25, 0.3) is 5.91 Å². The lowest BCUT2D eigenvalue weighted by atomic mass is 10.3. The third kappa shape index (κ3) is 8.42. The summed E-state index contributed by atoms with van der Waals surface area (Å²) >= 11 is 0. The van der Waals surface area contributed by atoms with E-state index < -0.39 is 0 Å². The van der Waals surface area contributed by atoms with Crippen LogP contribution in [0.1, 0.15) is 13.3 Å². The van der Waals surface area contributed by atoms with Gasteiger partial charge in [0, 0.05) is 18.6 Å². The molecule has 0 aromatic rings. The first-order valence-corrected chi connectivity index (χ1v) is 4.75. The number of carbonyl (C=O) groups excluding carboxylic acids is 1. The number of carbonyl (C=O) groups is 1. The fourth-order valence-electron chi connectivity index (χ4n) is 1.01. The number of aliphatic hydroxyl groups is 1. The zero-order chi connectivity index (χ0) is 11.2. The molecule has 0 aliphatic carbocycles. The molecule has 0 aromatic heterocycles. The van der Waals surface area contributed by atoms with E-state index in [1.807, 2.05) is 14.1 Å². The maximum Gasteiger partial charge on any atom is 0.250 e. The summed E-state index contributed by atoms with van der Waals surface area (Å²) < 4.78 is 0.666. The number of hydrogen-bond donors (Lipinski definition) is 2. The number of quaternary nitrogens is 1. The lowest BCUT2D eigenvalue weighted by molar-refractivity contribution is -0.892. The van der Waals surface area contributed by atoms with Crippen molar-refractivity contribution >= 4 is 5.91 Å². The molecule has 0 saturated heterocycles. The Morgan fingerprint density at radius 1 is 1.47 bits per heavy atom. The second-order valence-electron chi connectivity index (χ2n) is 4.18. The summed E-state index contributed by atoms with van der Waals surface area (Å²) in [6.45, 7) is 6.83. The standard InChI is InChI=1S/C10H20N2O2.ClH/c1-9(2)10(14)11-8-12(3,4)6-5-7-13;/h13H,1,5-8H2,2-4H3;1H. The molecule has 15 heavy (non-hydrogen) atoms. The number of nitrogens with one attached hydrogen (secondary N) is 1.